The highest BCUT2D eigenvalue weighted by molar-refractivity contribution is 6.04. The lowest BCUT2D eigenvalue weighted by Crippen LogP contribution is -2.50. The molecular formula is C31H37N5O6. The molecule has 3 atom stereocenters. The van der Waals surface area contributed by atoms with Crippen LogP contribution in [0.5, 0.6) is 11.5 Å². The van der Waals surface area contributed by atoms with Crippen LogP contribution in [0.3, 0.4) is 0 Å². The quantitative estimate of drug-likeness (QED) is 0.307. The van der Waals surface area contributed by atoms with Crippen molar-refractivity contribution < 1.29 is 29.0 Å². The van der Waals surface area contributed by atoms with Gasteiger partial charge in [0.1, 0.15) is 11.9 Å². The lowest BCUT2D eigenvalue weighted by atomic mass is 9.99. The lowest BCUT2D eigenvalue weighted by Gasteiger charge is -2.38. The number of hydrogen-bond donors (Lipinski definition) is 4. The smallest absolute Gasteiger partial charge is 0.323 e. The van der Waals surface area contributed by atoms with Crippen molar-refractivity contribution in [3.63, 3.8) is 0 Å². The lowest BCUT2D eigenvalue weighted by molar-refractivity contribution is 0.0373. The van der Waals surface area contributed by atoms with Gasteiger partial charge in [-0.25, -0.2) is 9.59 Å². The summed E-state index contributed by atoms with van der Waals surface area (Å²) in [6.07, 6.45) is -0.552. The van der Waals surface area contributed by atoms with E-state index in [0.717, 1.165) is 0 Å². The monoisotopic (exact) mass is 575 g/mol. The molecule has 1 aliphatic heterocycles. The van der Waals surface area contributed by atoms with Crippen LogP contribution in [0.1, 0.15) is 24.2 Å². The van der Waals surface area contributed by atoms with Crippen LogP contribution in [0, 0.1) is 5.92 Å². The maximum absolute atomic E-state index is 13.7. The van der Waals surface area contributed by atoms with E-state index in [0.29, 0.717) is 29.4 Å². The van der Waals surface area contributed by atoms with Crippen LogP contribution in [0.4, 0.5) is 26.7 Å². The molecule has 1 aliphatic rings. The minimum Gasteiger partial charge on any atom is -0.497 e. The largest absolute Gasteiger partial charge is 0.497 e. The average Bonchev–Trinajstić information content (AvgIpc) is 2.99. The summed E-state index contributed by atoms with van der Waals surface area (Å²) in [4.78, 5) is 42.7. The molecule has 11 heteroatoms. The molecule has 5 amide bonds. The maximum Gasteiger partial charge on any atom is 0.323 e. The van der Waals surface area contributed by atoms with Crippen molar-refractivity contribution in [2.45, 2.75) is 26.0 Å². The number of ether oxygens (including phenoxy) is 2. The Bertz CT molecular complexity index is 1380. The highest BCUT2D eigenvalue weighted by Gasteiger charge is 2.35. The highest BCUT2D eigenvalue weighted by Crippen LogP contribution is 2.35. The zero-order valence-corrected chi connectivity index (χ0v) is 24.2. The van der Waals surface area contributed by atoms with Gasteiger partial charge < -0.3 is 40.3 Å². The van der Waals surface area contributed by atoms with Gasteiger partial charge in [-0.05, 0) is 55.5 Å². The molecule has 3 aromatic rings. The molecule has 0 bridgehead atoms. The fourth-order valence-corrected chi connectivity index (χ4v) is 4.61. The van der Waals surface area contributed by atoms with E-state index >= 15 is 0 Å². The third kappa shape index (κ3) is 7.29. The number of likely N-dealkylation sites (N-methyl/N-ethyl adjacent to an activating group) is 1. The van der Waals surface area contributed by atoms with Crippen LogP contribution in [0.15, 0.2) is 72.8 Å². The number of rotatable bonds is 8. The number of aliphatic hydroxyl groups is 1. The molecule has 0 aromatic heterocycles. The van der Waals surface area contributed by atoms with Crippen molar-refractivity contribution in [1.29, 1.82) is 0 Å². The fraction of sp³-hybridized carbons (Fsp3) is 0.323. The van der Waals surface area contributed by atoms with Gasteiger partial charge in [0.25, 0.3) is 5.91 Å². The molecule has 0 fully saturated rings. The van der Waals surface area contributed by atoms with Gasteiger partial charge in [0.15, 0.2) is 5.75 Å². The summed E-state index contributed by atoms with van der Waals surface area (Å²) < 4.78 is 11.6. The van der Waals surface area contributed by atoms with Crippen molar-refractivity contribution in [2.75, 3.05) is 49.8 Å². The third-order valence-corrected chi connectivity index (χ3v) is 7.11. The Morgan fingerprint density at radius 2 is 1.71 bits per heavy atom. The molecule has 0 spiro atoms. The second kappa shape index (κ2) is 13.7. The predicted octanol–water partition coefficient (Wildman–Crippen LogP) is 4.72. The molecule has 222 valence electrons. The average molecular weight is 576 g/mol. The summed E-state index contributed by atoms with van der Waals surface area (Å²) in [6, 6.07) is 19.6. The molecule has 42 heavy (non-hydrogen) atoms. The number of methoxy groups -OCH3 is 1. The van der Waals surface area contributed by atoms with Crippen LogP contribution >= 0.6 is 0 Å². The zero-order valence-electron chi connectivity index (χ0n) is 24.2. The maximum atomic E-state index is 13.7. The molecule has 4 rings (SSSR count). The van der Waals surface area contributed by atoms with Crippen LogP contribution < -0.4 is 25.4 Å². The van der Waals surface area contributed by atoms with Crippen LogP contribution in [0.25, 0.3) is 0 Å². The molecule has 0 aliphatic carbocycles. The minimum atomic E-state index is -0.552. The van der Waals surface area contributed by atoms with Gasteiger partial charge in [0.05, 0.1) is 37.6 Å². The van der Waals surface area contributed by atoms with E-state index in [1.54, 1.807) is 80.6 Å². The number of nitrogens with one attached hydrogen (secondary N) is 3. The van der Waals surface area contributed by atoms with E-state index < -0.39 is 18.2 Å². The summed E-state index contributed by atoms with van der Waals surface area (Å²) in [7, 11) is 3.23. The number of benzene rings is 3. The van der Waals surface area contributed by atoms with Crippen molar-refractivity contribution in [3.8, 4) is 11.5 Å². The van der Waals surface area contributed by atoms with E-state index in [9.17, 15) is 19.5 Å². The molecule has 11 nitrogen and oxygen atoms in total. The van der Waals surface area contributed by atoms with Gasteiger partial charge in [-0.3, -0.25) is 4.79 Å². The summed E-state index contributed by atoms with van der Waals surface area (Å²) in [5, 5.41) is 18.3. The summed E-state index contributed by atoms with van der Waals surface area (Å²) in [5.41, 5.74) is 1.74. The summed E-state index contributed by atoms with van der Waals surface area (Å²) >= 11 is 0. The first-order valence-electron chi connectivity index (χ1n) is 13.7. The Labute approximate surface area is 245 Å². The minimum absolute atomic E-state index is 0.191. The van der Waals surface area contributed by atoms with Crippen molar-refractivity contribution in [2.24, 2.45) is 5.92 Å². The highest BCUT2D eigenvalue weighted by atomic mass is 16.5. The number of urea groups is 2. The Morgan fingerprint density at radius 1 is 1.02 bits per heavy atom. The molecular weight excluding hydrogens is 538 g/mol. The van der Waals surface area contributed by atoms with E-state index in [-0.39, 0.29) is 42.3 Å². The number of aliphatic hydroxyl groups excluding tert-OH is 1. The Hall–Kier alpha value is -4.77. The van der Waals surface area contributed by atoms with E-state index in [2.05, 4.69) is 16.0 Å². The fourth-order valence-electron chi connectivity index (χ4n) is 4.61. The molecule has 3 aromatic carbocycles. The van der Waals surface area contributed by atoms with Crippen LogP contribution in [-0.4, -0.2) is 78.9 Å². The molecule has 4 N–H and O–H groups in total. The first-order chi connectivity index (χ1) is 20.2. The van der Waals surface area contributed by atoms with E-state index in [4.69, 9.17) is 9.47 Å². The first kappa shape index (κ1) is 30.2. The molecule has 0 unspecified atom stereocenters. The van der Waals surface area contributed by atoms with Crippen molar-refractivity contribution >= 4 is 35.0 Å². The standard InChI is InChI=1S/C31H37N5O6/c1-20-17-36(21(2)19-37)29(38)25-11-8-12-26(34-30(39)32-23-13-15-24(41-4)16-14-23)28(25)42-27(20)18-35(3)31(40)33-22-9-6-5-7-10-22/h5-16,20-21,27,37H,17-19H2,1-4H3,(H,33,40)(H2,32,34,39)/t20-,21+,27+/m0/s1. The normalized spacial score (nSPS) is 17.1. The third-order valence-electron chi connectivity index (χ3n) is 7.11. The van der Waals surface area contributed by atoms with Gasteiger partial charge >= 0.3 is 12.1 Å². The number of hydrogen-bond acceptors (Lipinski definition) is 6. The van der Waals surface area contributed by atoms with Crippen molar-refractivity contribution in [1.82, 2.24) is 9.80 Å². The number of fused-ring (bicyclic) bond motifs is 1. The second-order valence-electron chi connectivity index (χ2n) is 10.3. The van der Waals surface area contributed by atoms with Crippen LogP contribution in [-0.2, 0) is 0 Å². The first-order valence-corrected chi connectivity index (χ1v) is 13.7. The van der Waals surface area contributed by atoms with Gasteiger partial charge in [-0.15, -0.1) is 0 Å². The molecule has 0 radical (unpaired) electrons. The van der Waals surface area contributed by atoms with Gasteiger partial charge in [0, 0.05) is 30.9 Å². The van der Waals surface area contributed by atoms with Crippen molar-refractivity contribution in [3.05, 3.63) is 78.4 Å². The predicted molar refractivity (Wildman–Crippen MR) is 161 cm³/mol. The summed E-state index contributed by atoms with van der Waals surface area (Å²) in [6.45, 7) is 3.97. The SMILES string of the molecule is COc1ccc(NC(=O)Nc2cccc3c2O[C@H](CN(C)C(=O)Nc2ccccc2)[C@@H](C)CN([C@H](C)CO)C3=O)cc1. The van der Waals surface area contributed by atoms with Gasteiger partial charge in [-0.2, -0.15) is 0 Å². The Balaban J connectivity index is 1.61. The summed E-state index contributed by atoms with van der Waals surface area (Å²) in [5.74, 6) is 0.285. The number of carbonyl (C=O) groups is 3. The molecule has 1 heterocycles. The van der Waals surface area contributed by atoms with E-state index in [1.807, 2.05) is 25.1 Å². The van der Waals surface area contributed by atoms with Crippen LogP contribution in [0.2, 0.25) is 0 Å². The number of anilines is 3. The zero-order chi connectivity index (χ0) is 30.2. The second-order valence-corrected chi connectivity index (χ2v) is 10.3. The topological polar surface area (TPSA) is 132 Å². The Kier molecular flexibility index (Phi) is 9.87. The number of carbonyl (C=O) groups excluding carboxylic acids is 3. The number of nitrogens with zero attached hydrogens (tertiary/aromatic N) is 2. The van der Waals surface area contributed by atoms with Gasteiger partial charge in [-0.1, -0.05) is 31.2 Å². The Morgan fingerprint density at radius 3 is 2.38 bits per heavy atom. The van der Waals surface area contributed by atoms with Gasteiger partial charge in [0.2, 0.25) is 0 Å². The number of para-hydroxylation sites is 2. The van der Waals surface area contributed by atoms with E-state index in [1.165, 1.54) is 4.90 Å². The molecule has 0 saturated carbocycles. The number of amides is 5. The molecule has 0 saturated heterocycles.